The average Bonchev–Trinajstić information content (AvgIpc) is 2.55. The van der Waals surface area contributed by atoms with Gasteiger partial charge in [0.15, 0.2) is 21.3 Å². The van der Waals surface area contributed by atoms with Gasteiger partial charge in [-0.1, -0.05) is 25.3 Å². The molecule has 1 aromatic carbocycles. The molecule has 0 amide bonds. The summed E-state index contributed by atoms with van der Waals surface area (Å²) in [5, 5.41) is 0. The third kappa shape index (κ3) is 5.37. The van der Waals surface area contributed by atoms with Crippen LogP contribution in [0.3, 0.4) is 0 Å². The van der Waals surface area contributed by atoms with Crippen LogP contribution in [0.2, 0.25) is 0 Å². The molecule has 0 saturated carbocycles. The monoisotopic (exact) mass is 368 g/mol. The molecular weight excluding hydrogens is 336 g/mol. The molecule has 1 aliphatic heterocycles. The molecule has 0 aromatic heterocycles. The Hall–Kier alpha value is -1.23. The molecule has 0 atom stereocenters. The van der Waals surface area contributed by atoms with Gasteiger partial charge in [-0.2, -0.15) is 0 Å². The summed E-state index contributed by atoms with van der Waals surface area (Å²) in [6, 6.07) is 4.15. The van der Waals surface area contributed by atoms with Gasteiger partial charge in [-0.25, -0.2) is 8.42 Å². The molecular formula is C20H32O4S. The van der Waals surface area contributed by atoms with Gasteiger partial charge in [0.25, 0.3) is 0 Å². The first-order chi connectivity index (χ1) is 11.7. The van der Waals surface area contributed by atoms with Crippen molar-refractivity contribution in [1.82, 2.24) is 0 Å². The van der Waals surface area contributed by atoms with Crippen LogP contribution in [0.5, 0.6) is 11.5 Å². The summed E-state index contributed by atoms with van der Waals surface area (Å²) in [4.78, 5) is 0. The number of benzene rings is 1. The highest BCUT2D eigenvalue weighted by Crippen LogP contribution is 2.35. The zero-order valence-corrected chi connectivity index (χ0v) is 16.9. The van der Waals surface area contributed by atoms with Crippen molar-refractivity contribution in [2.24, 2.45) is 0 Å². The Morgan fingerprint density at radius 1 is 0.960 bits per heavy atom. The minimum Gasteiger partial charge on any atom is -0.486 e. The number of hydrogen-bond donors (Lipinski definition) is 0. The Morgan fingerprint density at radius 2 is 1.60 bits per heavy atom. The fraction of sp³-hybridized carbons (Fsp3) is 0.700. The lowest BCUT2D eigenvalue weighted by Gasteiger charge is -2.21. The van der Waals surface area contributed by atoms with Crippen LogP contribution in [0.1, 0.15) is 64.0 Å². The van der Waals surface area contributed by atoms with Crippen LogP contribution in [0.15, 0.2) is 12.1 Å². The summed E-state index contributed by atoms with van der Waals surface area (Å²) in [5.74, 6) is 2.06. The van der Waals surface area contributed by atoms with Gasteiger partial charge >= 0.3 is 0 Å². The molecule has 4 nitrogen and oxygen atoms in total. The van der Waals surface area contributed by atoms with E-state index in [1.807, 2.05) is 6.07 Å². The second kappa shape index (κ2) is 8.43. The Bertz CT molecular complexity index is 672. The van der Waals surface area contributed by atoms with E-state index < -0.39 is 14.6 Å². The topological polar surface area (TPSA) is 52.6 Å². The molecule has 0 spiro atoms. The zero-order chi connectivity index (χ0) is 18.5. The molecule has 0 unspecified atom stereocenters. The highest BCUT2D eigenvalue weighted by Gasteiger charge is 2.27. The number of rotatable bonds is 8. The number of sulfone groups is 1. The summed E-state index contributed by atoms with van der Waals surface area (Å²) in [6.07, 6.45) is 6.11. The molecule has 0 fully saturated rings. The van der Waals surface area contributed by atoms with E-state index in [0.717, 1.165) is 50.0 Å². The van der Waals surface area contributed by atoms with Crippen molar-refractivity contribution in [3.05, 3.63) is 23.3 Å². The molecule has 0 N–H and O–H groups in total. The van der Waals surface area contributed by atoms with Crippen molar-refractivity contribution < 1.29 is 17.9 Å². The van der Waals surface area contributed by atoms with Gasteiger partial charge in [0.2, 0.25) is 0 Å². The molecule has 1 aromatic rings. The lowest BCUT2D eigenvalue weighted by molar-refractivity contribution is 0.170. The number of unbranched alkanes of at least 4 members (excludes halogenated alkanes) is 4. The van der Waals surface area contributed by atoms with E-state index in [0.29, 0.717) is 19.0 Å². The molecule has 2 rings (SSSR count). The van der Waals surface area contributed by atoms with Crippen molar-refractivity contribution in [3.8, 4) is 11.5 Å². The number of aryl methyl sites for hydroxylation is 1. The van der Waals surface area contributed by atoms with Gasteiger partial charge in [0, 0.05) is 0 Å². The van der Waals surface area contributed by atoms with E-state index in [1.165, 1.54) is 11.1 Å². The fourth-order valence-corrected chi connectivity index (χ4v) is 4.21. The lowest BCUT2D eigenvalue weighted by Crippen LogP contribution is -2.30. The van der Waals surface area contributed by atoms with Crippen LogP contribution in [0.25, 0.3) is 0 Å². The Morgan fingerprint density at radius 3 is 2.32 bits per heavy atom. The second-order valence-electron chi connectivity index (χ2n) is 7.82. The van der Waals surface area contributed by atoms with Crippen molar-refractivity contribution in [2.45, 2.75) is 71.0 Å². The van der Waals surface area contributed by atoms with E-state index in [9.17, 15) is 8.42 Å². The quantitative estimate of drug-likeness (QED) is 0.635. The maximum Gasteiger partial charge on any atom is 0.164 e. The van der Waals surface area contributed by atoms with Gasteiger partial charge in [-0.3, -0.25) is 0 Å². The van der Waals surface area contributed by atoms with Crippen LogP contribution in [0.4, 0.5) is 0 Å². The molecule has 0 bridgehead atoms. The number of fused-ring (bicyclic) bond motifs is 1. The van der Waals surface area contributed by atoms with E-state index in [2.05, 4.69) is 13.0 Å². The fourth-order valence-electron chi connectivity index (χ4n) is 3.01. The van der Waals surface area contributed by atoms with E-state index >= 15 is 0 Å². The largest absolute Gasteiger partial charge is 0.486 e. The molecule has 1 heterocycles. The third-order valence-electron chi connectivity index (χ3n) is 4.86. The molecule has 25 heavy (non-hydrogen) atoms. The van der Waals surface area contributed by atoms with E-state index in [1.54, 1.807) is 20.8 Å². The van der Waals surface area contributed by atoms with E-state index in [4.69, 9.17) is 9.47 Å². The highest BCUT2D eigenvalue weighted by molar-refractivity contribution is 7.92. The number of hydrogen-bond acceptors (Lipinski definition) is 4. The van der Waals surface area contributed by atoms with Crippen molar-refractivity contribution >= 4 is 9.84 Å². The SMILES string of the molecule is Cc1c(CCCCCCCS(=O)(=O)C(C)(C)C)ccc2c1OCCO2. The van der Waals surface area contributed by atoms with Crippen LogP contribution in [-0.2, 0) is 16.3 Å². The van der Waals surface area contributed by atoms with Crippen LogP contribution < -0.4 is 9.47 Å². The summed E-state index contributed by atoms with van der Waals surface area (Å²) >= 11 is 0. The Labute approximate surface area is 152 Å². The predicted molar refractivity (Wildman–Crippen MR) is 102 cm³/mol. The minimum atomic E-state index is -2.97. The lowest BCUT2D eigenvalue weighted by atomic mass is 10.00. The smallest absolute Gasteiger partial charge is 0.164 e. The predicted octanol–water partition coefficient (Wildman–Crippen LogP) is 4.47. The molecule has 0 radical (unpaired) electrons. The van der Waals surface area contributed by atoms with Gasteiger partial charge in [0.1, 0.15) is 13.2 Å². The van der Waals surface area contributed by atoms with Crippen molar-refractivity contribution in [2.75, 3.05) is 19.0 Å². The summed E-state index contributed by atoms with van der Waals surface area (Å²) in [6.45, 7) is 8.67. The normalized spacial score (nSPS) is 14.6. The second-order valence-corrected chi connectivity index (χ2v) is 10.7. The van der Waals surface area contributed by atoms with Crippen LogP contribution in [0, 0.1) is 6.92 Å². The van der Waals surface area contributed by atoms with Gasteiger partial charge < -0.3 is 9.47 Å². The maximum absolute atomic E-state index is 12.1. The Balaban J connectivity index is 1.69. The summed E-state index contributed by atoms with van der Waals surface area (Å²) in [5.41, 5.74) is 2.51. The molecule has 0 saturated heterocycles. The summed E-state index contributed by atoms with van der Waals surface area (Å²) < 4.78 is 34.8. The molecule has 5 heteroatoms. The van der Waals surface area contributed by atoms with Crippen molar-refractivity contribution in [1.29, 1.82) is 0 Å². The van der Waals surface area contributed by atoms with Gasteiger partial charge in [-0.05, 0) is 64.2 Å². The van der Waals surface area contributed by atoms with Crippen LogP contribution in [-0.4, -0.2) is 32.1 Å². The third-order valence-corrected chi connectivity index (χ3v) is 7.55. The summed E-state index contributed by atoms with van der Waals surface area (Å²) in [7, 11) is -2.97. The average molecular weight is 369 g/mol. The highest BCUT2D eigenvalue weighted by atomic mass is 32.2. The first-order valence-electron chi connectivity index (χ1n) is 9.33. The number of ether oxygens (including phenoxy) is 2. The van der Waals surface area contributed by atoms with Gasteiger partial charge in [-0.15, -0.1) is 0 Å². The van der Waals surface area contributed by atoms with E-state index in [-0.39, 0.29) is 0 Å². The van der Waals surface area contributed by atoms with Crippen LogP contribution >= 0.6 is 0 Å². The van der Waals surface area contributed by atoms with Gasteiger partial charge in [0.05, 0.1) is 10.5 Å². The zero-order valence-electron chi connectivity index (χ0n) is 16.1. The minimum absolute atomic E-state index is 0.303. The van der Waals surface area contributed by atoms with Crippen molar-refractivity contribution in [3.63, 3.8) is 0 Å². The first-order valence-corrected chi connectivity index (χ1v) is 11.0. The standard InChI is InChI=1S/C20H32O4S/c1-16-17(11-12-18-19(16)24-14-13-23-18)10-8-6-5-7-9-15-25(21,22)20(2,3)4/h11-12H,5-10,13-15H2,1-4H3. The molecule has 0 aliphatic carbocycles. The first kappa shape index (κ1) is 20.1. The molecule has 1 aliphatic rings. The molecule has 142 valence electrons. The maximum atomic E-state index is 12.1. The Kier molecular flexibility index (Phi) is 6.78.